The standard InChI is InChI=1S/C16H16F2N6O3/c1-26-14-9(6-19-15(22-14)27-2)10-5-13(24-12(21-10)3-4-20-24)23-7-11(25)16(17,18)8-23/h3-6,11,25H,7-8H2,1-2H3. The van der Waals surface area contributed by atoms with Gasteiger partial charge in [-0.3, -0.25) is 0 Å². The minimum Gasteiger partial charge on any atom is -0.480 e. The minimum atomic E-state index is -3.20. The van der Waals surface area contributed by atoms with Gasteiger partial charge in [0, 0.05) is 18.3 Å². The number of methoxy groups -OCH3 is 2. The van der Waals surface area contributed by atoms with Crippen LogP contribution >= 0.6 is 0 Å². The molecule has 4 heterocycles. The maximum Gasteiger partial charge on any atom is 0.319 e. The number of β-amino-alcohol motifs (C(OH)–C–C–N with tert-alkyl or cyclic N) is 1. The molecule has 3 aromatic rings. The fraction of sp³-hybridized carbons (Fsp3) is 0.375. The largest absolute Gasteiger partial charge is 0.480 e. The molecular weight excluding hydrogens is 362 g/mol. The van der Waals surface area contributed by atoms with Gasteiger partial charge in [0.2, 0.25) is 5.88 Å². The molecule has 0 spiro atoms. The zero-order valence-electron chi connectivity index (χ0n) is 14.5. The quantitative estimate of drug-likeness (QED) is 0.719. The Morgan fingerprint density at radius 2 is 2.07 bits per heavy atom. The number of aromatic nitrogens is 5. The van der Waals surface area contributed by atoms with Crippen molar-refractivity contribution in [2.75, 3.05) is 32.2 Å². The lowest BCUT2D eigenvalue weighted by molar-refractivity contribution is -0.0712. The van der Waals surface area contributed by atoms with Crippen LogP contribution in [-0.2, 0) is 0 Å². The maximum absolute atomic E-state index is 13.8. The number of alkyl halides is 2. The third-order valence-electron chi connectivity index (χ3n) is 4.33. The number of nitrogens with zero attached hydrogens (tertiary/aromatic N) is 6. The van der Waals surface area contributed by atoms with Crippen LogP contribution in [0.25, 0.3) is 16.9 Å². The van der Waals surface area contributed by atoms with E-state index < -0.39 is 18.6 Å². The summed E-state index contributed by atoms with van der Waals surface area (Å²) in [6.45, 7) is -0.843. The Hall–Kier alpha value is -3.08. The number of fused-ring (bicyclic) bond motifs is 1. The van der Waals surface area contributed by atoms with E-state index in [0.29, 0.717) is 22.7 Å². The highest BCUT2D eigenvalue weighted by atomic mass is 19.3. The molecule has 1 aliphatic heterocycles. The van der Waals surface area contributed by atoms with E-state index in [1.54, 1.807) is 12.1 Å². The number of anilines is 1. The fourth-order valence-electron chi connectivity index (χ4n) is 2.98. The van der Waals surface area contributed by atoms with Crippen molar-refractivity contribution in [3.8, 4) is 23.1 Å². The lowest BCUT2D eigenvalue weighted by atomic mass is 10.2. The van der Waals surface area contributed by atoms with Crippen molar-refractivity contribution in [1.29, 1.82) is 0 Å². The first-order valence-corrected chi connectivity index (χ1v) is 8.04. The van der Waals surface area contributed by atoms with Gasteiger partial charge in [0.05, 0.1) is 44.8 Å². The van der Waals surface area contributed by atoms with Crippen LogP contribution < -0.4 is 14.4 Å². The number of ether oxygens (including phenoxy) is 2. The third-order valence-corrected chi connectivity index (χ3v) is 4.33. The molecule has 11 heteroatoms. The minimum absolute atomic E-state index is 0.128. The van der Waals surface area contributed by atoms with Gasteiger partial charge in [0.15, 0.2) is 5.65 Å². The van der Waals surface area contributed by atoms with Gasteiger partial charge in [0.1, 0.15) is 11.9 Å². The molecule has 9 nitrogen and oxygen atoms in total. The summed E-state index contributed by atoms with van der Waals surface area (Å²) in [6, 6.07) is 3.36. The lowest BCUT2D eigenvalue weighted by Crippen LogP contribution is -2.31. The van der Waals surface area contributed by atoms with Gasteiger partial charge >= 0.3 is 6.01 Å². The average molecular weight is 378 g/mol. The van der Waals surface area contributed by atoms with Gasteiger partial charge in [-0.05, 0) is 0 Å². The second-order valence-corrected chi connectivity index (χ2v) is 6.04. The smallest absolute Gasteiger partial charge is 0.319 e. The SMILES string of the molecule is COc1ncc(-c2cc(N3CC(O)C(F)(F)C3)n3nccc3n2)c(OC)n1. The molecule has 1 aliphatic rings. The van der Waals surface area contributed by atoms with Crippen molar-refractivity contribution in [2.24, 2.45) is 0 Å². The van der Waals surface area contributed by atoms with Crippen LogP contribution in [0.15, 0.2) is 24.5 Å². The normalized spacial score (nSPS) is 18.9. The monoisotopic (exact) mass is 378 g/mol. The van der Waals surface area contributed by atoms with Gasteiger partial charge in [0.25, 0.3) is 5.92 Å². The molecule has 1 unspecified atom stereocenters. The van der Waals surface area contributed by atoms with Crippen LogP contribution in [0.5, 0.6) is 11.9 Å². The molecule has 1 N–H and O–H groups in total. The first kappa shape index (κ1) is 17.3. The lowest BCUT2D eigenvalue weighted by Gasteiger charge is -2.19. The predicted molar refractivity (Wildman–Crippen MR) is 90.3 cm³/mol. The Morgan fingerprint density at radius 1 is 1.26 bits per heavy atom. The van der Waals surface area contributed by atoms with E-state index in [-0.39, 0.29) is 18.4 Å². The van der Waals surface area contributed by atoms with Gasteiger partial charge in [-0.15, -0.1) is 0 Å². The number of rotatable bonds is 4. The Bertz CT molecular complexity index is 995. The number of halogens is 2. The van der Waals surface area contributed by atoms with Crippen LogP contribution in [0.2, 0.25) is 0 Å². The van der Waals surface area contributed by atoms with E-state index in [1.165, 1.54) is 36.0 Å². The van der Waals surface area contributed by atoms with Crippen LogP contribution in [0.1, 0.15) is 0 Å². The summed E-state index contributed by atoms with van der Waals surface area (Å²) >= 11 is 0. The van der Waals surface area contributed by atoms with Gasteiger partial charge in [-0.1, -0.05) is 0 Å². The molecule has 0 amide bonds. The number of hydrogen-bond acceptors (Lipinski definition) is 8. The summed E-state index contributed by atoms with van der Waals surface area (Å²) in [5, 5.41) is 13.8. The Kier molecular flexibility index (Phi) is 4.02. The van der Waals surface area contributed by atoms with E-state index in [0.717, 1.165) is 0 Å². The highest BCUT2D eigenvalue weighted by molar-refractivity contribution is 5.70. The van der Waals surface area contributed by atoms with E-state index in [9.17, 15) is 13.9 Å². The molecule has 1 fully saturated rings. The Labute approximate surface area is 152 Å². The molecule has 4 rings (SSSR count). The maximum atomic E-state index is 13.8. The molecule has 0 aliphatic carbocycles. The Morgan fingerprint density at radius 3 is 2.74 bits per heavy atom. The molecule has 27 heavy (non-hydrogen) atoms. The molecular formula is C16H16F2N6O3. The summed E-state index contributed by atoms with van der Waals surface area (Å²) < 4.78 is 39.4. The van der Waals surface area contributed by atoms with Crippen molar-refractivity contribution >= 4 is 11.5 Å². The molecule has 3 aromatic heterocycles. The highest BCUT2D eigenvalue weighted by Gasteiger charge is 2.48. The van der Waals surface area contributed by atoms with Gasteiger partial charge < -0.3 is 19.5 Å². The molecule has 0 saturated carbocycles. The number of hydrogen-bond donors (Lipinski definition) is 1. The van der Waals surface area contributed by atoms with Gasteiger partial charge in [-0.2, -0.15) is 14.6 Å². The summed E-state index contributed by atoms with van der Waals surface area (Å²) in [4.78, 5) is 14.0. The second kappa shape index (κ2) is 6.27. The molecule has 1 atom stereocenters. The van der Waals surface area contributed by atoms with Crippen LogP contribution in [0.3, 0.4) is 0 Å². The average Bonchev–Trinajstić information content (AvgIpc) is 3.24. The molecule has 142 valence electrons. The summed E-state index contributed by atoms with van der Waals surface area (Å²) in [5.41, 5.74) is 1.34. The first-order valence-electron chi connectivity index (χ1n) is 8.04. The van der Waals surface area contributed by atoms with Crippen LogP contribution in [0.4, 0.5) is 14.6 Å². The van der Waals surface area contributed by atoms with Crippen molar-refractivity contribution in [3.63, 3.8) is 0 Å². The summed E-state index contributed by atoms with van der Waals surface area (Å²) in [7, 11) is 2.88. The Balaban J connectivity index is 1.85. The zero-order valence-corrected chi connectivity index (χ0v) is 14.5. The number of aliphatic hydroxyl groups is 1. The molecule has 1 saturated heterocycles. The van der Waals surface area contributed by atoms with Gasteiger partial charge in [-0.25, -0.2) is 18.7 Å². The van der Waals surface area contributed by atoms with Crippen molar-refractivity contribution < 1.29 is 23.4 Å². The van der Waals surface area contributed by atoms with Crippen molar-refractivity contribution in [1.82, 2.24) is 24.6 Å². The van der Waals surface area contributed by atoms with Crippen molar-refractivity contribution in [3.05, 3.63) is 24.5 Å². The topological polar surface area (TPSA) is 97.9 Å². The van der Waals surface area contributed by atoms with Crippen LogP contribution in [-0.4, -0.2) is 69.0 Å². The second-order valence-electron chi connectivity index (χ2n) is 6.04. The van der Waals surface area contributed by atoms with E-state index >= 15 is 0 Å². The van der Waals surface area contributed by atoms with E-state index in [2.05, 4.69) is 20.1 Å². The zero-order chi connectivity index (χ0) is 19.2. The number of aliphatic hydroxyl groups excluding tert-OH is 1. The van der Waals surface area contributed by atoms with Crippen LogP contribution in [0, 0.1) is 0 Å². The molecule has 0 aromatic carbocycles. The predicted octanol–water partition coefficient (Wildman–Crippen LogP) is 1.02. The fourth-order valence-corrected chi connectivity index (χ4v) is 2.98. The molecule has 0 radical (unpaired) electrons. The van der Waals surface area contributed by atoms with E-state index in [1.807, 2.05) is 0 Å². The first-order chi connectivity index (χ1) is 12.9. The summed E-state index contributed by atoms with van der Waals surface area (Å²) in [6.07, 6.45) is 1.25. The van der Waals surface area contributed by atoms with Crippen molar-refractivity contribution in [2.45, 2.75) is 12.0 Å². The molecule has 0 bridgehead atoms. The third kappa shape index (κ3) is 2.89. The van der Waals surface area contributed by atoms with E-state index in [4.69, 9.17) is 9.47 Å². The summed E-state index contributed by atoms with van der Waals surface area (Å²) in [5.74, 6) is -2.60. The highest BCUT2D eigenvalue weighted by Crippen LogP contribution is 2.34.